The van der Waals surface area contributed by atoms with Crippen molar-refractivity contribution in [3.05, 3.63) is 106 Å². The summed E-state index contributed by atoms with van der Waals surface area (Å²) in [6.45, 7) is 1.14. The normalized spacial score (nSPS) is 11.7. The second-order valence-electron chi connectivity index (χ2n) is 6.05. The molecule has 0 aliphatic carbocycles. The molecule has 26 heavy (non-hydrogen) atoms. The van der Waals surface area contributed by atoms with E-state index in [2.05, 4.69) is 26.6 Å². The highest BCUT2D eigenvalue weighted by molar-refractivity contribution is 9.10. The molecule has 0 aromatic heterocycles. The average molecular weight is 409 g/mol. The molecule has 4 heteroatoms. The van der Waals surface area contributed by atoms with E-state index in [1.807, 2.05) is 84.9 Å². The number of carbonyl (C=O) groups is 1. The van der Waals surface area contributed by atoms with Crippen LogP contribution in [0.25, 0.3) is 0 Å². The fourth-order valence-corrected chi connectivity index (χ4v) is 2.98. The molecular weight excluding hydrogens is 388 g/mol. The highest BCUT2D eigenvalue weighted by Gasteiger charge is 2.19. The van der Waals surface area contributed by atoms with Crippen LogP contribution in [0.4, 0.5) is 0 Å². The number of carbonyl (C=O) groups excluding carboxylic acids is 1. The molecule has 0 heterocycles. The first-order valence-electron chi connectivity index (χ1n) is 8.57. The number of halogens is 1. The summed E-state index contributed by atoms with van der Waals surface area (Å²) in [4.78, 5) is 12.8. The lowest BCUT2D eigenvalue weighted by molar-refractivity contribution is -0.123. The predicted octanol–water partition coefficient (Wildman–Crippen LogP) is 4.60. The minimum atomic E-state index is -0.410. The first-order valence-corrected chi connectivity index (χ1v) is 9.36. The molecule has 3 aromatic rings. The standard InChI is InChI=1S/C22H21BrN2O/c23-20-13-11-19(12-14-20)21(24-15-17-7-3-1-4-8-17)22(26)25-16-18-9-5-2-6-10-18/h1-14,21,24H,15-16H2,(H,25,26). The van der Waals surface area contributed by atoms with Gasteiger partial charge in [0, 0.05) is 17.6 Å². The number of hydrogen-bond acceptors (Lipinski definition) is 2. The molecule has 1 atom stereocenters. The zero-order valence-corrected chi connectivity index (χ0v) is 15.9. The highest BCUT2D eigenvalue weighted by atomic mass is 79.9. The molecule has 2 N–H and O–H groups in total. The SMILES string of the molecule is O=C(NCc1ccccc1)C(NCc1ccccc1)c1ccc(Br)cc1. The van der Waals surface area contributed by atoms with Crippen molar-refractivity contribution in [3.63, 3.8) is 0 Å². The zero-order valence-electron chi connectivity index (χ0n) is 14.4. The molecule has 0 saturated heterocycles. The molecule has 0 bridgehead atoms. The summed E-state index contributed by atoms with van der Waals surface area (Å²) in [5.41, 5.74) is 3.17. The van der Waals surface area contributed by atoms with Crippen LogP contribution in [0.1, 0.15) is 22.7 Å². The summed E-state index contributed by atoms with van der Waals surface area (Å²) in [6.07, 6.45) is 0. The second kappa shape index (κ2) is 9.32. The van der Waals surface area contributed by atoms with E-state index in [1.165, 1.54) is 0 Å². The van der Waals surface area contributed by atoms with Crippen LogP contribution in [-0.2, 0) is 17.9 Å². The molecule has 0 saturated carbocycles. The Hall–Kier alpha value is -2.43. The van der Waals surface area contributed by atoms with Gasteiger partial charge in [0.25, 0.3) is 0 Å². The van der Waals surface area contributed by atoms with Crippen molar-refractivity contribution < 1.29 is 4.79 Å². The van der Waals surface area contributed by atoms with Gasteiger partial charge in [0.05, 0.1) is 0 Å². The van der Waals surface area contributed by atoms with Gasteiger partial charge in [-0.1, -0.05) is 88.7 Å². The minimum absolute atomic E-state index is 0.0351. The second-order valence-corrected chi connectivity index (χ2v) is 6.97. The first kappa shape index (κ1) is 18.4. The predicted molar refractivity (Wildman–Crippen MR) is 108 cm³/mol. The molecular formula is C22H21BrN2O. The summed E-state index contributed by atoms with van der Waals surface area (Å²) >= 11 is 3.45. The van der Waals surface area contributed by atoms with Gasteiger partial charge in [-0.25, -0.2) is 0 Å². The first-order chi connectivity index (χ1) is 12.7. The smallest absolute Gasteiger partial charge is 0.242 e. The Bertz CT molecular complexity index is 820. The Balaban J connectivity index is 1.71. The van der Waals surface area contributed by atoms with Gasteiger partial charge in [-0.3, -0.25) is 10.1 Å². The molecule has 3 nitrogen and oxygen atoms in total. The molecule has 1 amide bonds. The Morgan fingerprint density at radius 3 is 1.88 bits per heavy atom. The van der Waals surface area contributed by atoms with Gasteiger partial charge in [0.1, 0.15) is 6.04 Å². The minimum Gasteiger partial charge on any atom is -0.350 e. The van der Waals surface area contributed by atoms with Crippen molar-refractivity contribution >= 4 is 21.8 Å². The van der Waals surface area contributed by atoms with Gasteiger partial charge in [0.2, 0.25) is 5.91 Å². The van der Waals surface area contributed by atoms with Crippen molar-refractivity contribution in [1.82, 2.24) is 10.6 Å². The van der Waals surface area contributed by atoms with Gasteiger partial charge >= 0.3 is 0 Å². The van der Waals surface area contributed by atoms with E-state index in [0.717, 1.165) is 21.2 Å². The van der Waals surface area contributed by atoms with Crippen molar-refractivity contribution in [2.24, 2.45) is 0 Å². The maximum absolute atomic E-state index is 12.8. The Labute approximate surface area is 162 Å². The van der Waals surface area contributed by atoms with Crippen LogP contribution in [0.15, 0.2) is 89.4 Å². The van der Waals surface area contributed by atoms with Crippen molar-refractivity contribution in [1.29, 1.82) is 0 Å². The van der Waals surface area contributed by atoms with Crippen LogP contribution < -0.4 is 10.6 Å². The lowest BCUT2D eigenvalue weighted by Crippen LogP contribution is -2.37. The number of amides is 1. The van der Waals surface area contributed by atoms with Gasteiger partial charge in [-0.15, -0.1) is 0 Å². The number of hydrogen-bond donors (Lipinski definition) is 2. The summed E-state index contributed by atoms with van der Waals surface area (Å²) in [5, 5.41) is 6.42. The van der Waals surface area contributed by atoms with Gasteiger partial charge < -0.3 is 5.32 Å². The van der Waals surface area contributed by atoms with E-state index >= 15 is 0 Å². The van der Waals surface area contributed by atoms with Crippen LogP contribution in [0.3, 0.4) is 0 Å². The van der Waals surface area contributed by atoms with E-state index in [9.17, 15) is 4.79 Å². The molecule has 0 aliphatic rings. The molecule has 1 unspecified atom stereocenters. The Kier molecular flexibility index (Phi) is 6.58. The Morgan fingerprint density at radius 2 is 1.31 bits per heavy atom. The van der Waals surface area contributed by atoms with Crippen LogP contribution in [-0.4, -0.2) is 5.91 Å². The molecule has 0 spiro atoms. The summed E-state index contributed by atoms with van der Waals surface area (Å²) in [6, 6.07) is 27.5. The monoisotopic (exact) mass is 408 g/mol. The number of benzene rings is 3. The molecule has 0 radical (unpaired) electrons. The number of rotatable bonds is 7. The topological polar surface area (TPSA) is 41.1 Å². The van der Waals surface area contributed by atoms with Crippen LogP contribution in [0.5, 0.6) is 0 Å². The van der Waals surface area contributed by atoms with E-state index in [-0.39, 0.29) is 5.91 Å². The van der Waals surface area contributed by atoms with E-state index in [0.29, 0.717) is 13.1 Å². The number of nitrogens with one attached hydrogen (secondary N) is 2. The molecule has 132 valence electrons. The van der Waals surface area contributed by atoms with Gasteiger partial charge in [0.15, 0.2) is 0 Å². The van der Waals surface area contributed by atoms with E-state index in [4.69, 9.17) is 0 Å². The quantitative estimate of drug-likeness (QED) is 0.599. The average Bonchev–Trinajstić information content (AvgIpc) is 2.69. The van der Waals surface area contributed by atoms with Crippen LogP contribution in [0.2, 0.25) is 0 Å². The van der Waals surface area contributed by atoms with Crippen molar-refractivity contribution in [2.45, 2.75) is 19.1 Å². The highest BCUT2D eigenvalue weighted by Crippen LogP contribution is 2.18. The van der Waals surface area contributed by atoms with Gasteiger partial charge in [-0.2, -0.15) is 0 Å². The summed E-state index contributed by atoms with van der Waals surface area (Å²) in [5.74, 6) is -0.0351. The molecule has 3 aromatic carbocycles. The third kappa shape index (κ3) is 5.28. The lowest BCUT2D eigenvalue weighted by atomic mass is 10.1. The Morgan fingerprint density at radius 1 is 0.769 bits per heavy atom. The van der Waals surface area contributed by atoms with Gasteiger partial charge in [-0.05, 0) is 28.8 Å². The third-order valence-corrected chi connectivity index (χ3v) is 4.66. The summed E-state index contributed by atoms with van der Waals surface area (Å²) < 4.78 is 0.993. The van der Waals surface area contributed by atoms with Crippen molar-refractivity contribution in [3.8, 4) is 0 Å². The van der Waals surface area contributed by atoms with Crippen LogP contribution in [0, 0.1) is 0 Å². The van der Waals surface area contributed by atoms with Crippen molar-refractivity contribution in [2.75, 3.05) is 0 Å². The molecule has 0 fully saturated rings. The fourth-order valence-electron chi connectivity index (χ4n) is 2.72. The maximum Gasteiger partial charge on any atom is 0.242 e. The molecule has 0 aliphatic heterocycles. The fraction of sp³-hybridized carbons (Fsp3) is 0.136. The van der Waals surface area contributed by atoms with Crippen LogP contribution >= 0.6 is 15.9 Å². The van der Waals surface area contributed by atoms with E-state index < -0.39 is 6.04 Å². The zero-order chi connectivity index (χ0) is 18.2. The summed E-state index contributed by atoms with van der Waals surface area (Å²) in [7, 11) is 0. The largest absolute Gasteiger partial charge is 0.350 e. The lowest BCUT2D eigenvalue weighted by Gasteiger charge is -2.19. The molecule has 3 rings (SSSR count). The maximum atomic E-state index is 12.8. The van der Waals surface area contributed by atoms with E-state index in [1.54, 1.807) is 0 Å². The third-order valence-electron chi connectivity index (χ3n) is 4.13.